The molecule has 7 heteroatoms. The maximum absolute atomic E-state index is 13.4. The summed E-state index contributed by atoms with van der Waals surface area (Å²) in [5.74, 6) is 0.300. The summed E-state index contributed by atoms with van der Waals surface area (Å²) in [5, 5.41) is 2.66. The molecule has 4 aromatic rings. The highest BCUT2D eigenvalue weighted by atomic mass is 32.1. The summed E-state index contributed by atoms with van der Waals surface area (Å²) in [6.07, 6.45) is 3.47. The molecule has 3 aromatic carbocycles. The summed E-state index contributed by atoms with van der Waals surface area (Å²) in [6, 6.07) is 28.1. The molecule has 1 N–H and O–H groups in total. The van der Waals surface area contributed by atoms with Gasteiger partial charge < -0.3 is 9.30 Å². The zero-order valence-corrected chi connectivity index (χ0v) is 19.7. The predicted octanol–water partition coefficient (Wildman–Crippen LogP) is 5.41. The molecule has 5 rings (SSSR count). The van der Waals surface area contributed by atoms with E-state index in [2.05, 4.69) is 5.32 Å². The van der Waals surface area contributed by atoms with E-state index >= 15 is 0 Å². The van der Waals surface area contributed by atoms with Gasteiger partial charge in [0.05, 0.1) is 5.69 Å². The second kappa shape index (κ2) is 9.40. The van der Waals surface area contributed by atoms with Gasteiger partial charge in [-0.05, 0) is 85.9 Å². The van der Waals surface area contributed by atoms with E-state index in [1.165, 1.54) is 4.90 Å². The third-order valence-corrected chi connectivity index (χ3v) is 5.84. The van der Waals surface area contributed by atoms with Crippen LogP contribution in [0.3, 0.4) is 0 Å². The molecule has 2 heterocycles. The average molecular weight is 480 g/mol. The molecule has 0 aliphatic carbocycles. The highest BCUT2D eigenvalue weighted by molar-refractivity contribution is 7.80. The fraction of sp³-hybridized carbons (Fsp3) is 0.0357. The van der Waals surface area contributed by atoms with Gasteiger partial charge in [-0.1, -0.05) is 35.9 Å². The van der Waals surface area contributed by atoms with Crippen LogP contribution < -0.4 is 15.0 Å². The molecule has 0 atom stereocenters. The Bertz CT molecular complexity index is 1440. The molecule has 0 spiro atoms. The van der Waals surface area contributed by atoms with Crippen LogP contribution in [0.25, 0.3) is 11.8 Å². The number of aromatic nitrogens is 1. The number of carbonyl (C=O) groups excluding carboxylic acids is 2. The molecule has 6 nitrogen and oxygen atoms in total. The fourth-order valence-corrected chi connectivity index (χ4v) is 4.06. The lowest BCUT2D eigenvalue weighted by Crippen LogP contribution is -2.54. The largest absolute Gasteiger partial charge is 0.457 e. The van der Waals surface area contributed by atoms with Crippen LogP contribution >= 0.6 is 12.2 Å². The van der Waals surface area contributed by atoms with Crippen LogP contribution in [0.5, 0.6) is 11.5 Å². The van der Waals surface area contributed by atoms with Crippen molar-refractivity contribution in [3.05, 3.63) is 114 Å². The van der Waals surface area contributed by atoms with E-state index < -0.39 is 11.8 Å². The number of amides is 2. The van der Waals surface area contributed by atoms with Gasteiger partial charge >= 0.3 is 0 Å². The summed E-state index contributed by atoms with van der Waals surface area (Å²) in [7, 11) is 0. The topological polar surface area (TPSA) is 63.6 Å². The minimum Gasteiger partial charge on any atom is -0.457 e. The van der Waals surface area contributed by atoms with Crippen LogP contribution in [0, 0.1) is 6.92 Å². The van der Waals surface area contributed by atoms with Crippen molar-refractivity contribution in [1.82, 2.24) is 9.88 Å². The number of aryl methyl sites for hydroxylation is 1. The van der Waals surface area contributed by atoms with E-state index in [0.717, 1.165) is 11.3 Å². The van der Waals surface area contributed by atoms with Crippen LogP contribution in [0.15, 0.2) is 103 Å². The number of rotatable bonds is 5. The van der Waals surface area contributed by atoms with E-state index in [0.29, 0.717) is 22.9 Å². The summed E-state index contributed by atoms with van der Waals surface area (Å²) in [5.41, 5.74) is 3.30. The molecule has 0 radical (unpaired) electrons. The number of benzene rings is 3. The van der Waals surface area contributed by atoms with Crippen molar-refractivity contribution in [2.45, 2.75) is 6.92 Å². The van der Waals surface area contributed by atoms with E-state index in [1.807, 2.05) is 84.4 Å². The van der Waals surface area contributed by atoms with Crippen LogP contribution in [-0.4, -0.2) is 21.5 Å². The molecular formula is C28H21N3O3S. The summed E-state index contributed by atoms with van der Waals surface area (Å²) in [6.45, 7) is 2.02. The normalized spacial score (nSPS) is 14.8. The highest BCUT2D eigenvalue weighted by Gasteiger charge is 2.34. The molecule has 0 bridgehead atoms. The summed E-state index contributed by atoms with van der Waals surface area (Å²) >= 11 is 5.33. The molecule has 1 aliphatic rings. The number of hydrogen-bond donors (Lipinski definition) is 1. The Morgan fingerprint density at radius 3 is 2.17 bits per heavy atom. The number of para-hydroxylation sites is 1. The van der Waals surface area contributed by atoms with Crippen molar-refractivity contribution in [3.8, 4) is 17.2 Å². The first-order valence-electron chi connectivity index (χ1n) is 11.0. The molecule has 1 aliphatic heterocycles. The minimum absolute atomic E-state index is 0.00438. The summed E-state index contributed by atoms with van der Waals surface area (Å²) in [4.78, 5) is 27.4. The van der Waals surface area contributed by atoms with Gasteiger partial charge in [0, 0.05) is 17.6 Å². The van der Waals surface area contributed by atoms with Crippen molar-refractivity contribution in [2.75, 3.05) is 4.90 Å². The van der Waals surface area contributed by atoms with Gasteiger partial charge in [0.2, 0.25) is 0 Å². The Morgan fingerprint density at radius 2 is 1.46 bits per heavy atom. The first-order chi connectivity index (χ1) is 17.0. The van der Waals surface area contributed by atoms with Crippen molar-refractivity contribution in [3.63, 3.8) is 0 Å². The third-order valence-electron chi connectivity index (χ3n) is 5.56. The zero-order valence-electron chi connectivity index (χ0n) is 18.8. The predicted molar refractivity (Wildman–Crippen MR) is 140 cm³/mol. The maximum atomic E-state index is 13.4. The molecule has 1 fully saturated rings. The van der Waals surface area contributed by atoms with Crippen molar-refractivity contribution >= 4 is 40.9 Å². The van der Waals surface area contributed by atoms with Crippen molar-refractivity contribution in [2.24, 2.45) is 0 Å². The van der Waals surface area contributed by atoms with Crippen molar-refractivity contribution < 1.29 is 14.3 Å². The Labute approximate surface area is 208 Å². The van der Waals surface area contributed by atoms with Crippen LogP contribution in [0.2, 0.25) is 0 Å². The number of nitrogens with zero attached hydrogens (tertiary/aromatic N) is 2. The number of ether oxygens (including phenoxy) is 1. The van der Waals surface area contributed by atoms with Gasteiger partial charge in [0.25, 0.3) is 11.8 Å². The van der Waals surface area contributed by atoms with Gasteiger partial charge in [-0.25, -0.2) is 0 Å². The lowest BCUT2D eigenvalue weighted by atomic mass is 10.1. The first kappa shape index (κ1) is 22.3. The lowest BCUT2D eigenvalue weighted by molar-refractivity contribution is -0.122. The third kappa shape index (κ3) is 4.62. The van der Waals surface area contributed by atoms with Gasteiger partial charge in [0.1, 0.15) is 17.1 Å². The van der Waals surface area contributed by atoms with Crippen molar-refractivity contribution in [1.29, 1.82) is 0 Å². The summed E-state index contributed by atoms with van der Waals surface area (Å²) < 4.78 is 7.74. The van der Waals surface area contributed by atoms with Gasteiger partial charge in [-0.3, -0.25) is 19.8 Å². The van der Waals surface area contributed by atoms with Gasteiger partial charge in [-0.2, -0.15) is 0 Å². The number of hydrogen-bond acceptors (Lipinski definition) is 4. The van der Waals surface area contributed by atoms with Crippen LogP contribution in [-0.2, 0) is 9.59 Å². The second-order valence-electron chi connectivity index (χ2n) is 8.01. The average Bonchev–Trinajstić information content (AvgIpc) is 3.32. The molecule has 1 saturated heterocycles. The van der Waals surface area contributed by atoms with E-state index in [-0.39, 0.29) is 10.7 Å². The standard InChI is InChI=1S/C28H21N3O3S/c1-19-9-11-20(12-10-19)30-17-5-6-22(30)18-25-26(32)29-28(35)31(27(25)33)21-13-15-24(16-14-21)34-23-7-3-2-4-8-23/h2-18H,1H3,(H,29,32,35)/b25-18-. The molecule has 2 amide bonds. The van der Waals surface area contributed by atoms with Crippen LogP contribution in [0.4, 0.5) is 5.69 Å². The Hall–Kier alpha value is -4.49. The quantitative estimate of drug-likeness (QED) is 0.236. The minimum atomic E-state index is -0.531. The smallest absolute Gasteiger partial charge is 0.270 e. The molecule has 1 aromatic heterocycles. The van der Waals surface area contributed by atoms with E-state index in [9.17, 15) is 9.59 Å². The zero-order chi connectivity index (χ0) is 24.4. The monoisotopic (exact) mass is 479 g/mol. The maximum Gasteiger partial charge on any atom is 0.270 e. The van der Waals surface area contributed by atoms with Gasteiger partial charge in [0.15, 0.2) is 5.11 Å². The number of thiocarbonyl (C=S) groups is 1. The molecule has 35 heavy (non-hydrogen) atoms. The number of nitrogens with one attached hydrogen (secondary N) is 1. The molecule has 0 unspecified atom stereocenters. The van der Waals surface area contributed by atoms with E-state index in [1.54, 1.807) is 30.3 Å². The number of carbonyl (C=O) groups is 2. The Balaban J connectivity index is 1.43. The Morgan fingerprint density at radius 1 is 0.800 bits per heavy atom. The highest BCUT2D eigenvalue weighted by Crippen LogP contribution is 2.27. The lowest BCUT2D eigenvalue weighted by Gasteiger charge is -2.29. The Kier molecular flexibility index (Phi) is 5.99. The SMILES string of the molecule is Cc1ccc(-n2cccc2/C=C2/C(=O)NC(=S)N(c3ccc(Oc4ccccc4)cc3)C2=O)cc1. The van der Waals surface area contributed by atoms with Crippen LogP contribution in [0.1, 0.15) is 11.3 Å². The van der Waals surface area contributed by atoms with Gasteiger partial charge in [-0.15, -0.1) is 0 Å². The second-order valence-corrected chi connectivity index (χ2v) is 8.39. The fourth-order valence-electron chi connectivity index (χ4n) is 3.78. The number of anilines is 1. The first-order valence-corrected chi connectivity index (χ1v) is 11.4. The van der Waals surface area contributed by atoms with E-state index in [4.69, 9.17) is 17.0 Å². The molecule has 172 valence electrons. The molecular weight excluding hydrogens is 458 g/mol. The molecule has 0 saturated carbocycles.